The number of thioether (sulfide) groups is 1. The third kappa shape index (κ3) is 5.68. The molecule has 2 N–H and O–H groups in total. The molecular weight excluding hydrogens is 520 g/mol. The summed E-state index contributed by atoms with van der Waals surface area (Å²) in [6, 6.07) is 13.0. The molecule has 0 aliphatic heterocycles. The predicted octanol–water partition coefficient (Wildman–Crippen LogP) is 3.87. The van der Waals surface area contributed by atoms with Crippen LogP contribution in [0.3, 0.4) is 0 Å². The van der Waals surface area contributed by atoms with Gasteiger partial charge in [-0.05, 0) is 64.7 Å². The molecule has 0 saturated carbocycles. The molecule has 0 radical (unpaired) electrons. The molecule has 0 fully saturated rings. The molecule has 10 heteroatoms. The van der Waals surface area contributed by atoms with Crippen molar-refractivity contribution in [1.82, 2.24) is 9.13 Å². The first-order valence-electron chi connectivity index (χ1n) is 10.5. The first kappa shape index (κ1) is 25.5. The van der Waals surface area contributed by atoms with E-state index in [1.807, 2.05) is 38.1 Å². The first-order chi connectivity index (χ1) is 16.1. The van der Waals surface area contributed by atoms with Crippen LogP contribution in [0.4, 0.5) is 11.4 Å². The van der Waals surface area contributed by atoms with Gasteiger partial charge in [0.05, 0.1) is 17.1 Å². The fourth-order valence-corrected chi connectivity index (χ4v) is 4.57. The molecule has 0 aliphatic carbocycles. The molecule has 0 unspecified atom stereocenters. The Hall–Kier alpha value is -3.11. The van der Waals surface area contributed by atoms with Crippen molar-refractivity contribution in [2.24, 2.45) is 19.1 Å². The summed E-state index contributed by atoms with van der Waals surface area (Å²) in [7, 11) is 2.69. The van der Waals surface area contributed by atoms with E-state index in [1.54, 1.807) is 18.2 Å². The van der Waals surface area contributed by atoms with E-state index in [-0.39, 0.29) is 22.3 Å². The van der Waals surface area contributed by atoms with Gasteiger partial charge in [-0.1, -0.05) is 36.9 Å². The normalized spacial score (nSPS) is 11.5. The number of carbonyl (C=O) groups is 1. The Kier molecular flexibility index (Phi) is 8.16. The molecule has 0 aliphatic rings. The average Bonchev–Trinajstić information content (AvgIpc) is 2.82. The number of hydrogen-bond acceptors (Lipinski definition) is 6. The standard InChI is InChI=1S/C24H25BrN4O4S/c1-5-15-7-9-16(10-8-15)26-21(20-22(31)28(3)24(33)29(4)23(20)32)34-13-19(30)27-18-11-6-14(2)12-17(18)25/h6-12,31H,5,13H2,1-4H3,(H,27,30). The van der Waals surface area contributed by atoms with Gasteiger partial charge in [0, 0.05) is 18.6 Å². The second kappa shape index (κ2) is 10.9. The minimum absolute atomic E-state index is 0.0718. The molecule has 1 heterocycles. The van der Waals surface area contributed by atoms with Crippen LogP contribution < -0.4 is 16.6 Å². The number of halogens is 1. The summed E-state index contributed by atoms with van der Waals surface area (Å²) in [5, 5.41) is 13.6. The predicted molar refractivity (Wildman–Crippen MR) is 141 cm³/mol. The zero-order valence-corrected chi connectivity index (χ0v) is 21.7. The molecule has 0 spiro atoms. The SMILES string of the molecule is CCc1ccc(N=C(SCC(=O)Nc2ccc(C)cc2Br)c2c(O)n(C)c(=O)n(C)c2=O)cc1. The monoisotopic (exact) mass is 544 g/mol. The lowest BCUT2D eigenvalue weighted by molar-refractivity contribution is -0.113. The van der Waals surface area contributed by atoms with E-state index in [4.69, 9.17) is 0 Å². The molecule has 178 valence electrons. The van der Waals surface area contributed by atoms with Crippen LogP contribution in [0.5, 0.6) is 5.88 Å². The summed E-state index contributed by atoms with van der Waals surface area (Å²) in [6.45, 7) is 3.99. The van der Waals surface area contributed by atoms with Gasteiger partial charge in [0.1, 0.15) is 10.6 Å². The van der Waals surface area contributed by atoms with Crippen LogP contribution in [0.1, 0.15) is 23.6 Å². The van der Waals surface area contributed by atoms with Crippen molar-refractivity contribution in [2.45, 2.75) is 20.3 Å². The number of anilines is 1. The molecule has 2 aromatic carbocycles. The third-order valence-electron chi connectivity index (χ3n) is 5.16. The molecule has 0 bridgehead atoms. The number of rotatable bonds is 6. The zero-order chi connectivity index (χ0) is 25.0. The molecule has 8 nitrogen and oxygen atoms in total. The van der Waals surface area contributed by atoms with Gasteiger partial charge in [0.25, 0.3) is 5.56 Å². The minimum Gasteiger partial charge on any atom is -0.494 e. The molecule has 3 aromatic rings. The van der Waals surface area contributed by atoms with Crippen molar-refractivity contribution in [3.63, 3.8) is 0 Å². The lowest BCUT2D eigenvalue weighted by Crippen LogP contribution is -2.39. The fourth-order valence-electron chi connectivity index (χ4n) is 3.15. The number of hydrogen-bond donors (Lipinski definition) is 2. The summed E-state index contributed by atoms with van der Waals surface area (Å²) in [6.07, 6.45) is 0.864. The van der Waals surface area contributed by atoms with Crippen LogP contribution >= 0.6 is 27.7 Å². The van der Waals surface area contributed by atoms with E-state index in [1.165, 1.54) is 14.1 Å². The average molecular weight is 545 g/mol. The summed E-state index contributed by atoms with van der Waals surface area (Å²) >= 11 is 4.44. The Bertz CT molecular complexity index is 1380. The van der Waals surface area contributed by atoms with Crippen molar-refractivity contribution < 1.29 is 9.90 Å². The quantitative estimate of drug-likeness (QED) is 0.362. The third-order valence-corrected chi connectivity index (χ3v) is 6.79. The highest BCUT2D eigenvalue weighted by atomic mass is 79.9. The van der Waals surface area contributed by atoms with Gasteiger partial charge in [-0.2, -0.15) is 0 Å². The van der Waals surface area contributed by atoms with Crippen molar-refractivity contribution in [3.05, 3.63) is 84.5 Å². The van der Waals surface area contributed by atoms with E-state index in [9.17, 15) is 19.5 Å². The molecule has 1 amide bonds. The lowest BCUT2D eigenvalue weighted by atomic mass is 10.1. The second-order valence-corrected chi connectivity index (χ2v) is 9.48. The minimum atomic E-state index is -0.696. The van der Waals surface area contributed by atoms with Crippen molar-refractivity contribution >= 4 is 50.0 Å². The molecule has 1 aromatic heterocycles. The van der Waals surface area contributed by atoms with Gasteiger partial charge < -0.3 is 10.4 Å². The van der Waals surface area contributed by atoms with Gasteiger partial charge in [-0.15, -0.1) is 0 Å². The van der Waals surface area contributed by atoms with Crippen LogP contribution in [-0.2, 0) is 25.3 Å². The van der Waals surface area contributed by atoms with E-state index < -0.39 is 17.1 Å². The van der Waals surface area contributed by atoms with E-state index in [0.717, 1.165) is 42.9 Å². The van der Waals surface area contributed by atoms with Crippen LogP contribution in [0, 0.1) is 6.92 Å². The second-order valence-electron chi connectivity index (χ2n) is 7.66. The van der Waals surface area contributed by atoms with E-state index in [2.05, 4.69) is 26.2 Å². The van der Waals surface area contributed by atoms with E-state index >= 15 is 0 Å². The van der Waals surface area contributed by atoms with Crippen molar-refractivity contribution in [3.8, 4) is 5.88 Å². The van der Waals surface area contributed by atoms with Crippen molar-refractivity contribution in [2.75, 3.05) is 11.1 Å². The topological polar surface area (TPSA) is 106 Å². The summed E-state index contributed by atoms with van der Waals surface area (Å²) in [5.41, 5.74) is 1.84. The fraction of sp³-hybridized carbons (Fsp3) is 0.250. The molecule has 0 atom stereocenters. The molecule has 0 saturated heterocycles. The van der Waals surface area contributed by atoms with Gasteiger partial charge >= 0.3 is 5.69 Å². The number of aromatic nitrogens is 2. The number of nitrogens with zero attached hydrogens (tertiary/aromatic N) is 3. The first-order valence-corrected chi connectivity index (χ1v) is 12.3. The smallest absolute Gasteiger partial charge is 0.333 e. The Morgan fingerprint density at radius 3 is 2.41 bits per heavy atom. The van der Waals surface area contributed by atoms with Gasteiger partial charge in [0.2, 0.25) is 11.8 Å². The Morgan fingerprint density at radius 2 is 1.79 bits per heavy atom. The van der Waals surface area contributed by atoms with Crippen LogP contribution in [0.25, 0.3) is 0 Å². The maximum absolute atomic E-state index is 12.9. The number of nitrogens with one attached hydrogen (secondary N) is 1. The Balaban J connectivity index is 1.97. The zero-order valence-electron chi connectivity index (χ0n) is 19.3. The number of amides is 1. The van der Waals surface area contributed by atoms with Crippen LogP contribution in [-0.4, -0.2) is 30.9 Å². The Morgan fingerprint density at radius 1 is 1.12 bits per heavy atom. The number of aliphatic imine (C=N–C) groups is 1. The summed E-state index contributed by atoms with van der Waals surface area (Å²) in [5.74, 6) is -0.895. The van der Waals surface area contributed by atoms with Gasteiger partial charge in [-0.3, -0.25) is 18.7 Å². The highest BCUT2D eigenvalue weighted by molar-refractivity contribution is 9.10. The van der Waals surface area contributed by atoms with Crippen molar-refractivity contribution in [1.29, 1.82) is 0 Å². The number of benzene rings is 2. The maximum atomic E-state index is 12.9. The molecular formula is C24H25BrN4O4S. The van der Waals surface area contributed by atoms with Gasteiger partial charge in [0.15, 0.2) is 0 Å². The Labute approximate surface area is 209 Å². The van der Waals surface area contributed by atoms with Gasteiger partial charge in [-0.25, -0.2) is 9.79 Å². The molecule has 34 heavy (non-hydrogen) atoms. The summed E-state index contributed by atoms with van der Waals surface area (Å²) in [4.78, 5) is 42.3. The number of carbonyl (C=O) groups excluding carboxylic acids is 1. The summed E-state index contributed by atoms with van der Waals surface area (Å²) < 4.78 is 2.62. The lowest BCUT2D eigenvalue weighted by Gasteiger charge is -2.13. The maximum Gasteiger partial charge on any atom is 0.333 e. The highest BCUT2D eigenvalue weighted by Gasteiger charge is 2.22. The number of aryl methyl sites for hydroxylation is 2. The largest absolute Gasteiger partial charge is 0.494 e. The molecule has 3 rings (SSSR count). The number of aromatic hydroxyl groups is 1. The van der Waals surface area contributed by atoms with Crippen LogP contribution in [0.15, 0.2) is 61.5 Å². The highest BCUT2D eigenvalue weighted by Crippen LogP contribution is 2.26. The van der Waals surface area contributed by atoms with Crippen LogP contribution in [0.2, 0.25) is 0 Å². The van der Waals surface area contributed by atoms with E-state index in [0.29, 0.717) is 11.4 Å².